The number of hydrogen-bond acceptors (Lipinski definition) is 4. The highest BCUT2D eigenvalue weighted by molar-refractivity contribution is 5.74. The van der Waals surface area contributed by atoms with Crippen LogP contribution in [0.25, 0.3) is 0 Å². The Kier molecular flexibility index (Phi) is 5.85. The summed E-state index contributed by atoms with van der Waals surface area (Å²) in [6.07, 6.45) is 3.17. The molecular formula is C16H26N2O4. The van der Waals surface area contributed by atoms with Crippen molar-refractivity contribution in [3.8, 4) is 0 Å². The average Bonchev–Trinajstić information content (AvgIpc) is 2.90. The lowest BCUT2D eigenvalue weighted by molar-refractivity contribution is -0.0402. The normalized spacial score (nSPS) is 27.9. The third kappa shape index (κ3) is 5.03. The van der Waals surface area contributed by atoms with Crippen LogP contribution in [0.4, 0.5) is 4.79 Å². The fourth-order valence-corrected chi connectivity index (χ4v) is 2.96. The molecule has 2 amide bonds. The van der Waals surface area contributed by atoms with Crippen molar-refractivity contribution in [2.24, 2.45) is 0 Å². The first-order valence-electron chi connectivity index (χ1n) is 7.88. The van der Waals surface area contributed by atoms with E-state index >= 15 is 0 Å². The van der Waals surface area contributed by atoms with Gasteiger partial charge in [-0.3, -0.25) is 0 Å². The maximum absolute atomic E-state index is 12.0. The largest absolute Gasteiger partial charge is 0.467 e. The highest BCUT2D eigenvalue weighted by Crippen LogP contribution is 2.20. The Balaban J connectivity index is 1.74. The standard InChI is InChI=1S/C16H26N2O4/c1-10(7-14(19)15-5-4-6-21-15)17-16(20)18-13-8-11(2)22-12(3)9-13/h4-6,10-14,19H,7-9H2,1-3H3,(H2,17,18,20). The molecule has 6 nitrogen and oxygen atoms in total. The number of carbonyl (C=O) groups is 1. The van der Waals surface area contributed by atoms with Crippen molar-refractivity contribution < 1.29 is 19.1 Å². The summed E-state index contributed by atoms with van der Waals surface area (Å²) in [6.45, 7) is 5.90. The van der Waals surface area contributed by atoms with E-state index in [-0.39, 0.29) is 30.3 Å². The third-order valence-electron chi connectivity index (χ3n) is 3.86. The van der Waals surface area contributed by atoms with E-state index in [0.29, 0.717) is 12.2 Å². The molecule has 22 heavy (non-hydrogen) atoms. The zero-order valence-electron chi connectivity index (χ0n) is 13.4. The summed E-state index contributed by atoms with van der Waals surface area (Å²) in [4.78, 5) is 12.0. The van der Waals surface area contributed by atoms with Crippen molar-refractivity contribution in [1.82, 2.24) is 10.6 Å². The van der Waals surface area contributed by atoms with Gasteiger partial charge in [0.05, 0.1) is 18.5 Å². The van der Waals surface area contributed by atoms with Gasteiger partial charge in [-0.1, -0.05) is 0 Å². The van der Waals surface area contributed by atoms with Gasteiger partial charge in [-0.25, -0.2) is 4.79 Å². The lowest BCUT2D eigenvalue weighted by atomic mass is 10.00. The Morgan fingerprint density at radius 3 is 2.68 bits per heavy atom. The Morgan fingerprint density at radius 2 is 2.09 bits per heavy atom. The number of urea groups is 1. The zero-order chi connectivity index (χ0) is 16.1. The molecular weight excluding hydrogens is 284 g/mol. The Labute approximate surface area is 131 Å². The van der Waals surface area contributed by atoms with Gasteiger partial charge < -0.3 is 24.9 Å². The van der Waals surface area contributed by atoms with Crippen LogP contribution in [0.3, 0.4) is 0 Å². The van der Waals surface area contributed by atoms with Crippen LogP contribution in [0.1, 0.15) is 51.9 Å². The van der Waals surface area contributed by atoms with E-state index in [9.17, 15) is 9.90 Å². The van der Waals surface area contributed by atoms with Gasteiger partial charge in [0.1, 0.15) is 11.9 Å². The Hall–Kier alpha value is -1.53. The summed E-state index contributed by atoms with van der Waals surface area (Å²) in [6, 6.07) is 3.22. The number of furan rings is 1. The molecule has 0 spiro atoms. The number of nitrogens with one attached hydrogen (secondary N) is 2. The molecule has 2 heterocycles. The van der Waals surface area contributed by atoms with Crippen molar-refractivity contribution in [3.05, 3.63) is 24.2 Å². The maximum Gasteiger partial charge on any atom is 0.315 e. The van der Waals surface area contributed by atoms with Crippen LogP contribution in [0.5, 0.6) is 0 Å². The molecule has 4 atom stereocenters. The van der Waals surface area contributed by atoms with E-state index in [4.69, 9.17) is 9.15 Å². The van der Waals surface area contributed by atoms with Crippen molar-refractivity contribution in [2.75, 3.05) is 0 Å². The third-order valence-corrected chi connectivity index (χ3v) is 3.86. The monoisotopic (exact) mass is 310 g/mol. The average molecular weight is 310 g/mol. The van der Waals surface area contributed by atoms with E-state index in [1.54, 1.807) is 12.1 Å². The molecule has 1 saturated heterocycles. The quantitative estimate of drug-likeness (QED) is 0.779. The molecule has 1 aliphatic rings. The minimum Gasteiger partial charge on any atom is -0.467 e. The number of ether oxygens (including phenoxy) is 1. The second kappa shape index (κ2) is 7.65. The number of aliphatic hydroxyl groups is 1. The summed E-state index contributed by atoms with van der Waals surface area (Å²) in [5.41, 5.74) is 0. The first-order valence-corrected chi connectivity index (χ1v) is 7.88. The van der Waals surface area contributed by atoms with Crippen LogP contribution in [0.15, 0.2) is 22.8 Å². The fraction of sp³-hybridized carbons (Fsp3) is 0.688. The number of amides is 2. The maximum atomic E-state index is 12.0. The van der Waals surface area contributed by atoms with Gasteiger partial charge in [0.25, 0.3) is 0 Å². The molecule has 1 fully saturated rings. The van der Waals surface area contributed by atoms with Gasteiger partial charge in [0.15, 0.2) is 0 Å². The summed E-state index contributed by atoms with van der Waals surface area (Å²) in [5.74, 6) is 0.515. The molecule has 4 unspecified atom stereocenters. The van der Waals surface area contributed by atoms with Crippen LogP contribution < -0.4 is 10.6 Å². The number of hydrogen-bond donors (Lipinski definition) is 3. The molecule has 2 rings (SSSR count). The van der Waals surface area contributed by atoms with Crippen molar-refractivity contribution >= 4 is 6.03 Å². The van der Waals surface area contributed by atoms with E-state index < -0.39 is 6.10 Å². The van der Waals surface area contributed by atoms with Gasteiger partial charge in [-0.2, -0.15) is 0 Å². The van der Waals surface area contributed by atoms with Crippen LogP contribution >= 0.6 is 0 Å². The molecule has 6 heteroatoms. The van der Waals surface area contributed by atoms with Gasteiger partial charge >= 0.3 is 6.03 Å². The van der Waals surface area contributed by atoms with Crippen LogP contribution in [-0.2, 0) is 4.74 Å². The lowest BCUT2D eigenvalue weighted by Gasteiger charge is -2.32. The summed E-state index contributed by atoms with van der Waals surface area (Å²) in [5, 5.41) is 15.8. The van der Waals surface area contributed by atoms with Crippen LogP contribution in [-0.4, -0.2) is 35.4 Å². The minimum atomic E-state index is -0.714. The molecule has 0 bridgehead atoms. The second-order valence-corrected chi connectivity index (χ2v) is 6.21. The second-order valence-electron chi connectivity index (χ2n) is 6.21. The summed E-state index contributed by atoms with van der Waals surface area (Å²) < 4.78 is 10.8. The highest BCUT2D eigenvalue weighted by atomic mass is 16.5. The molecule has 0 aliphatic carbocycles. The Morgan fingerprint density at radius 1 is 1.41 bits per heavy atom. The molecule has 3 N–H and O–H groups in total. The Bertz CT molecular complexity index is 453. The van der Waals surface area contributed by atoms with E-state index in [0.717, 1.165) is 12.8 Å². The molecule has 1 aromatic heterocycles. The minimum absolute atomic E-state index is 0.126. The lowest BCUT2D eigenvalue weighted by Crippen LogP contribution is -2.49. The fourth-order valence-electron chi connectivity index (χ4n) is 2.96. The first kappa shape index (κ1) is 16.8. The number of carbonyl (C=O) groups excluding carboxylic acids is 1. The molecule has 0 aromatic carbocycles. The predicted molar refractivity (Wildman–Crippen MR) is 82.4 cm³/mol. The summed E-state index contributed by atoms with van der Waals surface area (Å²) in [7, 11) is 0. The summed E-state index contributed by atoms with van der Waals surface area (Å²) >= 11 is 0. The van der Waals surface area contributed by atoms with Gasteiger partial charge in [0.2, 0.25) is 0 Å². The van der Waals surface area contributed by atoms with Gasteiger partial charge in [-0.05, 0) is 45.7 Å². The van der Waals surface area contributed by atoms with Crippen LogP contribution in [0, 0.1) is 0 Å². The van der Waals surface area contributed by atoms with Crippen LogP contribution in [0.2, 0.25) is 0 Å². The van der Waals surface area contributed by atoms with Crippen molar-refractivity contribution in [2.45, 2.75) is 70.4 Å². The zero-order valence-corrected chi connectivity index (χ0v) is 13.4. The first-order chi connectivity index (χ1) is 10.4. The number of aliphatic hydroxyl groups excluding tert-OH is 1. The van der Waals surface area contributed by atoms with E-state index in [1.807, 2.05) is 20.8 Å². The topological polar surface area (TPSA) is 83.7 Å². The van der Waals surface area contributed by atoms with E-state index in [1.165, 1.54) is 6.26 Å². The van der Waals surface area contributed by atoms with Crippen molar-refractivity contribution in [1.29, 1.82) is 0 Å². The van der Waals surface area contributed by atoms with Gasteiger partial charge in [-0.15, -0.1) is 0 Å². The molecule has 1 aromatic rings. The van der Waals surface area contributed by atoms with E-state index in [2.05, 4.69) is 10.6 Å². The highest BCUT2D eigenvalue weighted by Gasteiger charge is 2.26. The smallest absolute Gasteiger partial charge is 0.315 e. The molecule has 0 radical (unpaired) electrons. The van der Waals surface area contributed by atoms with Gasteiger partial charge in [0, 0.05) is 18.5 Å². The molecule has 0 saturated carbocycles. The predicted octanol–water partition coefficient (Wildman–Crippen LogP) is 2.35. The number of rotatable bonds is 5. The molecule has 124 valence electrons. The SMILES string of the molecule is CC(CC(O)c1ccco1)NC(=O)NC1CC(C)OC(C)C1. The van der Waals surface area contributed by atoms with Crippen molar-refractivity contribution in [3.63, 3.8) is 0 Å². The molecule has 1 aliphatic heterocycles.